The normalized spacial score (nSPS) is 11.8. The molecule has 0 atom stereocenters. The fraction of sp³-hybridized carbons (Fsp3) is 0.267. The monoisotopic (exact) mass is 284 g/mol. The lowest BCUT2D eigenvalue weighted by atomic mass is 9.93. The fourth-order valence-corrected chi connectivity index (χ4v) is 1.92. The molecule has 6 heteroatoms. The third-order valence-electron chi connectivity index (χ3n) is 3.10. The van der Waals surface area contributed by atoms with Gasteiger partial charge in [-0.25, -0.2) is 4.98 Å². The maximum Gasteiger partial charge on any atom is 0.292 e. The summed E-state index contributed by atoms with van der Waals surface area (Å²) in [7, 11) is 0. The molecule has 6 nitrogen and oxygen atoms in total. The van der Waals surface area contributed by atoms with Crippen LogP contribution in [-0.4, -0.2) is 21.0 Å². The van der Waals surface area contributed by atoms with Crippen molar-refractivity contribution in [2.75, 3.05) is 5.32 Å². The molecule has 1 aromatic carbocycles. The lowest BCUT2D eigenvalue weighted by Gasteiger charge is -2.11. The van der Waals surface area contributed by atoms with Crippen molar-refractivity contribution < 1.29 is 9.32 Å². The maximum atomic E-state index is 12.2. The van der Waals surface area contributed by atoms with E-state index in [0.717, 1.165) is 11.0 Å². The average molecular weight is 284 g/mol. The van der Waals surface area contributed by atoms with Crippen LogP contribution < -0.4 is 5.32 Å². The Hall–Kier alpha value is -2.63. The van der Waals surface area contributed by atoms with E-state index in [4.69, 9.17) is 4.52 Å². The maximum absolute atomic E-state index is 12.2. The van der Waals surface area contributed by atoms with Crippen LogP contribution in [0.25, 0.3) is 11.0 Å². The molecular formula is C15H16N4O2. The molecule has 3 aromatic rings. The van der Waals surface area contributed by atoms with Crippen molar-refractivity contribution in [1.29, 1.82) is 0 Å². The van der Waals surface area contributed by atoms with E-state index in [1.54, 1.807) is 6.07 Å². The lowest BCUT2D eigenvalue weighted by Crippen LogP contribution is -2.14. The number of nitrogens with zero attached hydrogens (tertiary/aromatic N) is 2. The first-order valence-corrected chi connectivity index (χ1v) is 6.67. The highest BCUT2D eigenvalue weighted by atomic mass is 16.5. The van der Waals surface area contributed by atoms with Crippen molar-refractivity contribution in [1.82, 2.24) is 15.1 Å². The van der Waals surface area contributed by atoms with E-state index in [-0.39, 0.29) is 17.1 Å². The predicted molar refractivity (Wildman–Crippen MR) is 79.2 cm³/mol. The molecule has 2 heterocycles. The number of aromatic amines is 1. The molecule has 0 radical (unpaired) electrons. The van der Waals surface area contributed by atoms with Crippen LogP contribution in [0.15, 0.2) is 34.9 Å². The second-order valence-electron chi connectivity index (χ2n) is 5.88. The second-order valence-corrected chi connectivity index (χ2v) is 5.88. The Morgan fingerprint density at radius 2 is 2.05 bits per heavy atom. The first-order chi connectivity index (χ1) is 9.93. The molecule has 0 saturated heterocycles. The van der Waals surface area contributed by atoms with Gasteiger partial charge in [0.05, 0.1) is 11.0 Å². The minimum absolute atomic E-state index is 0.157. The molecule has 21 heavy (non-hydrogen) atoms. The van der Waals surface area contributed by atoms with Gasteiger partial charge in [0, 0.05) is 11.5 Å². The molecule has 2 aromatic heterocycles. The van der Waals surface area contributed by atoms with E-state index in [0.29, 0.717) is 11.6 Å². The molecule has 0 saturated carbocycles. The number of rotatable bonds is 2. The van der Waals surface area contributed by atoms with Crippen molar-refractivity contribution in [2.24, 2.45) is 0 Å². The van der Waals surface area contributed by atoms with E-state index in [2.05, 4.69) is 20.4 Å². The average Bonchev–Trinajstić information content (AvgIpc) is 3.03. The van der Waals surface area contributed by atoms with Crippen LogP contribution in [0.3, 0.4) is 0 Å². The Kier molecular flexibility index (Phi) is 3.01. The first-order valence-electron chi connectivity index (χ1n) is 6.67. The summed E-state index contributed by atoms with van der Waals surface area (Å²) in [4.78, 5) is 19.4. The van der Waals surface area contributed by atoms with E-state index in [9.17, 15) is 4.79 Å². The van der Waals surface area contributed by atoms with Crippen molar-refractivity contribution in [3.63, 3.8) is 0 Å². The van der Waals surface area contributed by atoms with E-state index in [1.807, 2.05) is 45.0 Å². The van der Waals surface area contributed by atoms with Gasteiger partial charge in [0.1, 0.15) is 5.76 Å². The largest absolute Gasteiger partial charge is 0.359 e. The quantitative estimate of drug-likeness (QED) is 0.757. The number of carbonyl (C=O) groups excluding carboxylic acids is 1. The Morgan fingerprint density at radius 3 is 2.71 bits per heavy atom. The predicted octanol–water partition coefficient (Wildman–Crippen LogP) is 3.10. The summed E-state index contributed by atoms with van der Waals surface area (Å²) in [6.45, 7) is 6.04. The van der Waals surface area contributed by atoms with Crippen LogP contribution in [0.2, 0.25) is 0 Å². The number of imidazole rings is 1. The number of fused-ring (bicyclic) bond motifs is 1. The van der Waals surface area contributed by atoms with Crippen molar-refractivity contribution in [3.05, 3.63) is 41.9 Å². The molecule has 0 bridgehead atoms. The molecular weight excluding hydrogens is 268 g/mol. The fourth-order valence-electron chi connectivity index (χ4n) is 1.92. The minimum atomic E-state index is -0.347. The smallest absolute Gasteiger partial charge is 0.292 e. The standard InChI is InChI=1S/C15H16N4O2/c1-15(2,3)11-8-12(19-21-11)18-14(20)13-16-9-6-4-5-7-10(9)17-13/h4-8H,1-3H3,(H,16,17)(H,18,19,20). The molecule has 1 amide bonds. The molecule has 3 rings (SSSR count). The molecule has 0 spiro atoms. The van der Waals surface area contributed by atoms with Gasteiger partial charge in [0.25, 0.3) is 5.91 Å². The summed E-state index contributed by atoms with van der Waals surface area (Å²) < 4.78 is 5.23. The number of aromatic nitrogens is 3. The highest BCUT2D eigenvalue weighted by Crippen LogP contribution is 2.24. The van der Waals surface area contributed by atoms with Crippen LogP contribution in [-0.2, 0) is 5.41 Å². The summed E-state index contributed by atoms with van der Waals surface area (Å²) in [5, 5.41) is 6.53. The molecule has 0 aliphatic carbocycles. The van der Waals surface area contributed by atoms with Gasteiger partial charge in [-0.2, -0.15) is 0 Å². The van der Waals surface area contributed by atoms with Crippen LogP contribution in [0.5, 0.6) is 0 Å². The van der Waals surface area contributed by atoms with E-state index < -0.39 is 0 Å². The lowest BCUT2D eigenvalue weighted by molar-refractivity contribution is 0.101. The molecule has 0 unspecified atom stereocenters. The van der Waals surface area contributed by atoms with Gasteiger partial charge in [-0.1, -0.05) is 38.1 Å². The molecule has 108 valence electrons. The van der Waals surface area contributed by atoms with Gasteiger partial charge in [0.15, 0.2) is 11.6 Å². The Bertz CT molecular complexity index is 762. The van der Waals surface area contributed by atoms with Crippen LogP contribution in [0.4, 0.5) is 5.82 Å². The van der Waals surface area contributed by atoms with Crippen LogP contribution >= 0.6 is 0 Å². The first kappa shape index (κ1) is 13.4. The number of nitrogens with one attached hydrogen (secondary N) is 2. The third kappa shape index (κ3) is 2.65. The Balaban J connectivity index is 1.81. The van der Waals surface area contributed by atoms with Gasteiger partial charge in [-0.15, -0.1) is 0 Å². The molecule has 0 aliphatic heterocycles. The summed E-state index contributed by atoms with van der Waals surface area (Å²) in [5.41, 5.74) is 1.41. The Morgan fingerprint density at radius 1 is 1.29 bits per heavy atom. The summed E-state index contributed by atoms with van der Waals surface area (Å²) >= 11 is 0. The zero-order chi connectivity index (χ0) is 15.0. The van der Waals surface area contributed by atoms with Gasteiger partial charge >= 0.3 is 0 Å². The van der Waals surface area contributed by atoms with E-state index >= 15 is 0 Å². The van der Waals surface area contributed by atoms with Crippen molar-refractivity contribution in [2.45, 2.75) is 26.2 Å². The summed E-state index contributed by atoms with van der Waals surface area (Å²) in [6.07, 6.45) is 0. The van der Waals surface area contributed by atoms with Crippen molar-refractivity contribution in [3.8, 4) is 0 Å². The number of benzene rings is 1. The SMILES string of the molecule is CC(C)(C)c1cc(NC(=O)c2nc3ccccc3[nH]2)no1. The zero-order valence-corrected chi connectivity index (χ0v) is 12.1. The zero-order valence-electron chi connectivity index (χ0n) is 12.1. The van der Waals surface area contributed by atoms with Crippen LogP contribution in [0.1, 0.15) is 37.2 Å². The number of amides is 1. The molecule has 2 N–H and O–H groups in total. The Labute approximate surface area is 121 Å². The highest BCUT2D eigenvalue weighted by Gasteiger charge is 2.21. The highest BCUT2D eigenvalue weighted by molar-refractivity contribution is 6.02. The van der Waals surface area contributed by atoms with Gasteiger partial charge in [-0.05, 0) is 12.1 Å². The number of carbonyl (C=O) groups is 1. The molecule has 0 fully saturated rings. The minimum Gasteiger partial charge on any atom is -0.359 e. The van der Waals surface area contributed by atoms with Crippen molar-refractivity contribution >= 4 is 22.8 Å². The summed E-state index contributed by atoms with van der Waals surface area (Å²) in [6, 6.07) is 9.19. The number of hydrogen-bond acceptors (Lipinski definition) is 4. The number of para-hydroxylation sites is 2. The number of hydrogen-bond donors (Lipinski definition) is 2. The van der Waals surface area contributed by atoms with Gasteiger partial charge in [-0.3, -0.25) is 4.79 Å². The van der Waals surface area contributed by atoms with Crippen LogP contribution in [0, 0.1) is 0 Å². The van der Waals surface area contributed by atoms with Gasteiger partial charge < -0.3 is 14.8 Å². The summed E-state index contributed by atoms with van der Waals surface area (Å²) in [5.74, 6) is 0.990. The third-order valence-corrected chi connectivity index (χ3v) is 3.10. The second kappa shape index (κ2) is 4.73. The van der Waals surface area contributed by atoms with E-state index in [1.165, 1.54) is 0 Å². The molecule has 0 aliphatic rings. The number of anilines is 1. The van der Waals surface area contributed by atoms with Gasteiger partial charge in [0.2, 0.25) is 0 Å². The topological polar surface area (TPSA) is 83.8 Å². The number of H-pyrrole nitrogens is 1.